The molecule has 0 amide bonds. The highest BCUT2D eigenvalue weighted by Crippen LogP contribution is 2.42. The lowest BCUT2D eigenvalue weighted by molar-refractivity contribution is -0.173. The Kier molecular flexibility index (Phi) is 6.60. The molecule has 0 bridgehead atoms. The zero-order valence-corrected chi connectivity index (χ0v) is 20.4. The number of hydrogen-bond acceptors (Lipinski definition) is 8. The van der Waals surface area contributed by atoms with Gasteiger partial charge in [0.2, 0.25) is 0 Å². The number of nitrogens with zero attached hydrogens (tertiary/aromatic N) is 6. The van der Waals surface area contributed by atoms with Crippen LogP contribution < -0.4 is 5.73 Å². The molecule has 37 heavy (non-hydrogen) atoms. The van der Waals surface area contributed by atoms with Gasteiger partial charge in [0, 0.05) is 30.4 Å². The number of aromatic nitrogens is 5. The number of nitrogen functional groups attached to an aromatic ring is 1. The maximum atomic E-state index is 12.1. The summed E-state index contributed by atoms with van der Waals surface area (Å²) in [7, 11) is 1.54. The van der Waals surface area contributed by atoms with Crippen LogP contribution in [0.15, 0.2) is 48.9 Å². The molecular formula is C26H27N7O4. The predicted molar refractivity (Wildman–Crippen MR) is 134 cm³/mol. The summed E-state index contributed by atoms with van der Waals surface area (Å²) in [5, 5.41) is 28.7. The average molecular weight is 502 g/mol. The Labute approximate surface area is 213 Å². The molecule has 11 nitrogen and oxygen atoms in total. The van der Waals surface area contributed by atoms with Crippen molar-refractivity contribution in [1.82, 2.24) is 24.4 Å². The number of carboxylic acids is 1. The summed E-state index contributed by atoms with van der Waals surface area (Å²) in [5.74, 6) is -0.926. The van der Waals surface area contributed by atoms with E-state index in [0.29, 0.717) is 43.6 Å². The number of fused-ring (bicyclic) bond motifs is 1. The van der Waals surface area contributed by atoms with Crippen molar-refractivity contribution < 1.29 is 19.4 Å². The van der Waals surface area contributed by atoms with Gasteiger partial charge in [-0.25, -0.2) is 14.5 Å². The van der Waals surface area contributed by atoms with Gasteiger partial charge in [-0.1, -0.05) is 18.2 Å². The molecule has 0 unspecified atom stereocenters. The van der Waals surface area contributed by atoms with E-state index in [0.717, 1.165) is 16.8 Å². The van der Waals surface area contributed by atoms with Crippen LogP contribution in [-0.4, -0.2) is 61.4 Å². The number of anilines is 1. The summed E-state index contributed by atoms with van der Waals surface area (Å²) in [6, 6.07) is 11.9. The molecule has 0 atom stereocenters. The van der Waals surface area contributed by atoms with E-state index in [4.69, 9.17) is 20.2 Å². The number of methoxy groups -OCH3 is 1. The summed E-state index contributed by atoms with van der Waals surface area (Å²) >= 11 is 0. The number of rotatable bonds is 8. The predicted octanol–water partition coefficient (Wildman–Crippen LogP) is 3.18. The highest BCUT2D eigenvalue weighted by molar-refractivity contribution is 5.79. The molecule has 1 saturated carbocycles. The lowest BCUT2D eigenvalue weighted by atomic mass is 9.76. The fourth-order valence-electron chi connectivity index (χ4n) is 4.93. The van der Waals surface area contributed by atoms with Crippen molar-refractivity contribution in [3.05, 3.63) is 60.2 Å². The number of hydrogen-bond donors (Lipinski definition) is 2. The van der Waals surface area contributed by atoms with Gasteiger partial charge in [0.15, 0.2) is 11.2 Å². The molecular weight excluding hydrogens is 474 g/mol. The Bertz CT molecular complexity index is 1460. The molecule has 190 valence electrons. The maximum absolute atomic E-state index is 12.1. The van der Waals surface area contributed by atoms with Crippen molar-refractivity contribution in [2.75, 3.05) is 26.1 Å². The molecule has 1 aliphatic rings. The summed E-state index contributed by atoms with van der Waals surface area (Å²) in [6.07, 6.45) is 6.86. The Morgan fingerprint density at radius 3 is 2.65 bits per heavy atom. The van der Waals surface area contributed by atoms with Gasteiger partial charge in [-0.15, -0.1) is 0 Å². The fourth-order valence-corrected chi connectivity index (χ4v) is 4.93. The minimum absolute atomic E-state index is 0.143. The first kappa shape index (κ1) is 24.4. The van der Waals surface area contributed by atoms with E-state index >= 15 is 0 Å². The van der Waals surface area contributed by atoms with Gasteiger partial charge in [-0.05, 0) is 37.8 Å². The number of carbonyl (C=O) groups is 1. The van der Waals surface area contributed by atoms with Crippen LogP contribution in [-0.2, 0) is 14.3 Å². The molecule has 0 radical (unpaired) electrons. The molecule has 1 fully saturated rings. The highest BCUT2D eigenvalue weighted by Gasteiger charge is 2.44. The van der Waals surface area contributed by atoms with Crippen molar-refractivity contribution in [3.63, 3.8) is 0 Å². The minimum atomic E-state index is -1.27. The summed E-state index contributed by atoms with van der Waals surface area (Å²) < 4.78 is 14.0. The van der Waals surface area contributed by atoms with Crippen LogP contribution in [0.4, 0.5) is 5.82 Å². The first-order chi connectivity index (χ1) is 18.0. The number of nitrogens with two attached hydrogens (primary N) is 1. The minimum Gasteiger partial charge on any atom is -0.479 e. The van der Waals surface area contributed by atoms with Crippen LogP contribution in [0, 0.1) is 11.3 Å². The SMILES string of the molecule is COCCO[C@]1(C(=O)O)CC[C@H](c2nc3c(-c4cnn(-c5ccccc5)c4)cnn3c(N)c2C#N)CC1. The molecule has 1 aromatic carbocycles. The lowest BCUT2D eigenvalue weighted by Gasteiger charge is -2.36. The number of nitriles is 1. The maximum Gasteiger partial charge on any atom is 0.335 e. The average Bonchev–Trinajstić information content (AvgIpc) is 3.57. The van der Waals surface area contributed by atoms with Crippen molar-refractivity contribution in [2.45, 2.75) is 37.2 Å². The molecule has 4 aromatic rings. The zero-order chi connectivity index (χ0) is 26.0. The number of carboxylic acid groups (broad SMARTS) is 1. The Balaban J connectivity index is 1.48. The summed E-state index contributed by atoms with van der Waals surface area (Å²) in [6.45, 7) is 0.514. The van der Waals surface area contributed by atoms with Crippen LogP contribution >= 0.6 is 0 Å². The molecule has 3 aromatic heterocycles. The monoisotopic (exact) mass is 501 g/mol. The van der Waals surface area contributed by atoms with Gasteiger partial charge in [0.1, 0.15) is 17.5 Å². The third-order valence-electron chi connectivity index (χ3n) is 6.97. The third-order valence-corrected chi connectivity index (χ3v) is 6.97. The zero-order valence-electron chi connectivity index (χ0n) is 20.4. The van der Waals surface area contributed by atoms with Crippen molar-refractivity contribution in [3.8, 4) is 22.9 Å². The molecule has 0 aliphatic heterocycles. The van der Waals surface area contributed by atoms with Crippen molar-refractivity contribution >= 4 is 17.4 Å². The topological polar surface area (TPSA) is 154 Å². The van der Waals surface area contributed by atoms with E-state index in [1.165, 1.54) is 4.52 Å². The van der Waals surface area contributed by atoms with E-state index in [-0.39, 0.29) is 23.9 Å². The van der Waals surface area contributed by atoms with Crippen LogP contribution in [0.25, 0.3) is 22.5 Å². The normalized spacial score (nSPS) is 19.6. The van der Waals surface area contributed by atoms with Gasteiger partial charge in [-0.2, -0.15) is 20.0 Å². The largest absolute Gasteiger partial charge is 0.479 e. The smallest absolute Gasteiger partial charge is 0.335 e. The fraction of sp³-hybridized carbons (Fsp3) is 0.346. The number of ether oxygens (including phenoxy) is 2. The second-order valence-electron chi connectivity index (χ2n) is 9.09. The molecule has 1 aliphatic carbocycles. The Morgan fingerprint density at radius 2 is 1.97 bits per heavy atom. The third kappa shape index (κ3) is 4.41. The van der Waals surface area contributed by atoms with E-state index in [1.807, 2.05) is 36.5 Å². The Morgan fingerprint density at radius 1 is 1.22 bits per heavy atom. The van der Waals surface area contributed by atoms with Gasteiger partial charge in [-0.3, -0.25) is 0 Å². The first-order valence-corrected chi connectivity index (χ1v) is 12.0. The van der Waals surface area contributed by atoms with Crippen LogP contribution in [0.1, 0.15) is 42.9 Å². The van der Waals surface area contributed by atoms with Gasteiger partial charge in [0.05, 0.1) is 37.0 Å². The number of benzene rings is 1. The van der Waals surface area contributed by atoms with E-state index in [9.17, 15) is 15.2 Å². The van der Waals surface area contributed by atoms with Gasteiger partial charge >= 0.3 is 5.97 Å². The van der Waals surface area contributed by atoms with E-state index in [2.05, 4.69) is 16.3 Å². The van der Waals surface area contributed by atoms with Crippen molar-refractivity contribution in [2.24, 2.45) is 0 Å². The molecule has 3 N–H and O–H groups in total. The molecule has 0 saturated heterocycles. The van der Waals surface area contributed by atoms with E-state index in [1.54, 1.807) is 24.2 Å². The van der Waals surface area contributed by atoms with Crippen LogP contribution in [0.5, 0.6) is 0 Å². The number of para-hydroxylation sites is 1. The first-order valence-electron chi connectivity index (χ1n) is 12.0. The molecule has 11 heteroatoms. The van der Waals surface area contributed by atoms with Crippen LogP contribution in [0.3, 0.4) is 0 Å². The summed E-state index contributed by atoms with van der Waals surface area (Å²) in [4.78, 5) is 16.9. The molecule has 5 rings (SSSR count). The van der Waals surface area contributed by atoms with Gasteiger partial charge in [0.25, 0.3) is 0 Å². The summed E-state index contributed by atoms with van der Waals surface area (Å²) in [5.41, 5.74) is 8.91. The number of aliphatic carboxylic acids is 1. The van der Waals surface area contributed by atoms with Crippen molar-refractivity contribution in [1.29, 1.82) is 5.26 Å². The second kappa shape index (κ2) is 10.0. The second-order valence-corrected chi connectivity index (χ2v) is 9.09. The molecule has 3 heterocycles. The molecule has 0 spiro atoms. The highest BCUT2D eigenvalue weighted by atomic mass is 16.5. The lowest BCUT2D eigenvalue weighted by Crippen LogP contribution is -2.45. The standard InChI is InChI=1S/C26H27N7O4/c1-36-11-12-37-26(25(34)35)9-7-17(8-10-26)22-20(13-27)23(28)33-24(31-22)21(15-30-33)18-14-29-32(16-18)19-5-3-2-4-6-19/h2-6,14-17H,7-12,28H2,1H3,(H,34,35)/t17-,26+. The van der Waals surface area contributed by atoms with E-state index < -0.39 is 11.6 Å². The van der Waals surface area contributed by atoms with Gasteiger partial charge < -0.3 is 20.3 Å². The quantitative estimate of drug-likeness (QED) is 0.346. The van der Waals surface area contributed by atoms with Crippen LogP contribution in [0.2, 0.25) is 0 Å². The Hall–Kier alpha value is -4.27.